The molecule has 114 valence electrons. The molecule has 5 heteroatoms. The van der Waals surface area contributed by atoms with E-state index in [1.165, 1.54) is 13.0 Å². The Kier molecular flexibility index (Phi) is 4.38. The van der Waals surface area contributed by atoms with Crippen LogP contribution >= 0.6 is 11.6 Å². The van der Waals surface area contributed by atoms with Gasteiger partial charge in [-0.25, -0.2) is 0 Å². The van der Waals surface area contributed by atoms with Crippen molar-refractivity contribution in [1.82, 2.24) is 4.90 Å². The Morgan fingerprint density at radius 1 is 1.29 bits per heavy atom. The molecule has 0 aromatic heterocycles. The van der Waals surface area contributed by atoms with Crippen molar-refractivity contribution in [2.45, 2.75) is 39.0 Å². The van der Waals surface area contributed by atoms with Crippen molar-refractivity contribution >= 4 is 11.6 Å². The van der Waals surface area contributed by atoms with Crippen molar-refractivity contribution in [2.75, 3.05) is 0 Å². The van der Waals surface area contributed by atoms with E-state index in [1.54, 1.807) is 12.1 Å². The second-order valence-electron chi connectivity index (χ2n) is 5.22. The fraction of sp³-hybridized carbons (Fsp3) is 0.375. The van der Waals surface area contributed by atoms with Gasteiger partial charge in [-0.15, -0.1) is 0 Å². The molecule has 0 aliphatic carbocycles. The normalized spacial score (nSPS) is 20.4. The molecule has 0 bridgehead atoms. The van der Waals surface area contributed by atoms with E-state index in [1.807, 2.05) is 30.9 Å². The average molecular weight is 316 g/mol. The van der Waals surface area contributed by atoms with Crippen molar-refractivity contribution in [1.29, 1.82) is 0 Å². The number of nitrogens with zero attached hydrogens (tertiary/aromatic N) is 1. The van der Waals surface area contributed by atoms with E-state index in [4.69, 9.17) is 11.6 Å². The molecule has 0 amide bonds. The first-order valence-electron chi connectivity index (χ1n) is 6.72. The first-order chi connectivity index (χ1) is 9.73. The van der Waals surface area contributed by atoms with Crippen LogP contribution in [0.4, 0.5) is 13.2 Å². The Labute approximate surface area is 127 Å². The van der Waals surface area contributed by atoms with E-state index in [0.717, 1.165) is 6.07 Å². The van der Waals surface area contributed by atoms with E-state index in [-0.39, 0.29) is 17.6 Å². The third kappa shape index (κ3) is 3.10. The molecule has 1 aromatic rings. The summed E-state index contributed by atoms with van der Waals surface area (Å²) in [5.74, 6) is 0. The van der Waals surface area contributed by atoms with Gasteiger partial charge in [-0.2, -0.15) is 13.2 Å². The van der Waals surface area contributed by atoms with Gasteiger partial charge in [0.2, 0.25) is 0 Å². The highest BCUT2D eigenvalue weighted by atomic mass is 35.5. The van der Waals surface area contributed by atoms with Crippen LogP contribution in [0.1, 0.15) is 36.6 Å². The Morgan fingerprint density at radius 2 is 1.95 bits per heavy atom. The molecule has 0 N–H and O–H groups in total. The minimum atomic E-state index is -4.34. The molecule has 1 nitrogen and oxygen atoms in total. The molecule has 1 aliphatic rings. The summed E-state index contributed by atoms with van der Waals surface area (Å²) in [5, 5.41) is 0.536. The second kappa shape index (κ2) is 5.76. The van der Waals surface area contributed by atoms with Crippen LogP contribution in [0.5, 0.6) is 0 Å². The first kappa shape index (κ1) is 16.0. The largest absolute Gasteiger partial charge is 0.416 e. The molecular formula is C16H17ClF3N. The van der Waals surface area contributed by atoms with Gasteiger partial charge in [0.25, 0.3) is 0 Å². The minimum Gasteiger partial charge on any atom is -0.349 e. The van der Waals surface area contributed by atoms with E-state index in [2.05, 4.69) is 0 Å². The smallest absolute Gasteiger partial charge is 0.349 e. The van der Waals surface area contributed by atoms with Gasteiger partial charge in [-0.1, -0.05) is 35.9 Å². The highest BCUT2D eigenvalue weighted by molar-refractivity contribution is 6.29. The van der Waals surface area contributed by atoms with Gasteiger partial charge in [-0.05, 0) is 44.0 Å². The second-order valence-corrected chi connectivity index (χ2v) is 5.60. The van der Waals surface area contributed by atoms with Crippen LogP contribution in [0.3, 0.4) is 0 Å². The highest BCUT2D eigenvalue weighted by Gasteiger charge is 2.34. The Bertz CT molecular complexity index is 590. The summed E-state index contributed by atoms with van der Waals surface area (Å²) in [4.78, 5) is 1.91. The van der Waals surface area contributed by atoms with E-state index in [9.17, 15) is 13.2 Å². The lowest BCUT2D eigenvalue weighted by atomic mass is 9.95. The predicted octanol–water partition coefficient (Wildman–Crippen LogP) is 5.42. The molecule has 0 spiro atoms. The van der Waals surface area contributed by atoms with Gasteiger partial charge in [-0.3, -0.25) is 0 Å². The molecule has 1 unspecified atom stereocenters. The number of alkyl halides is 3. The topological polar surface area (TPSA) is 3.24 Å². The fourth-order valence-electron chi connectivity index (χ4n) is 2.77. The van der Waals surface area contributed by atoms with Crippen LogP contribution in [-0.4, -0.2) is 10.9 Å². The first-order valence-corrected chi connectivity index (χ1v) is 7.10. The zero-order valence-corrected chi connectivity index (χ0v) is 12.8. The number of rotatable bonds is 2. The third-order valence-corrected chi connectivity index (χ3v) is 4.18. The lowest BCUT2D eigenvalue weighted by Gasteiger charge is -2.37. The number of hydrogen-bond donors (Lipinski definition) is 0. The van der Waals surface area contributed by atoms with Crippen LogP contribution in [0.25, 0.3) is 0 Å². The molecule has 0 radical (unpaired) electrons. The summed E-state index contributed by atoms with van der Waals surface area (Å²) in [6.07, 6.45) is 1.23. The van der Waals surface area contributed by atoms with E-state index >= 15 is 0 Å². The van der Waals surface area contributed by atoms with Crippen molar-refractivity contribution in [3.63, 3.8) is 0 Å². The van der Waals surface area contributed by atoms with Crippen molar-refractivity contribution in [3.05, 3.63) is 58.3 Å². The molecule has 2 rings (SSSR count). The Balaban J connectivity index is 2.43. The van der Waals surface area contributed by atoms with Crippen LogP contribution in [0.2, 0.25) is 0 Å². The van der Waals surface area contributed by atoms with Crippen LogP contribution in [0.15, 0.2) is 41.6 Å². The summed E-state index contributed by atoms with van der Waals surface area (Å²) in [5.41, 5.74) is 0.300. The van der Waals surface area contributed by atoms with Gasteiger partial charge in [0.15, 0.2) is 0 Å². The van der Waals surface area contributed by atoms with Gasteiger partial charge in [0.05, 0.1) is 11.6 Å². The van der Waals surface area contributed by atoms with E-state index in [0.29, 0.717) is 10.7 Å². The van der Waals surface area contributed by atoms with Crippen molar-refractivity contribution in [3.8, 4) is 0 Å². The zero-order valence-electron chi connectivity index (χ0n) is 12.1. The quantitative estimate of drug-likeness (QED) is 0.659. The lowest BCUT2D eigenvalue weighted by molar-refractivity contribution is -0.138. The molecule has 0 saturated heterocycles. The highest BCUT2D eigenvalue weighted by Crippen LogP contribution is 2.38. The molecular weight excluding hydrogens is 299 g/mol. The van der Waals surface area contributed by atoms with Crippen LogP contribution in [-0.2, 0) is 6.18 Å². The standard InChI is InChI=1S/C16H17ClF3N/c1-10-6-4-9-15(17)21(10)12(3)13-7-5-8-14(11(13)2)16(18,19)20/h4-10,12H,1-3H3/t10-,12?/m1/s1. The Morgan fingerprint density at radius 3 is 2.52 bits per heavy atom. The summed E-state index contributed by atoms with van der Waals surface area (Å²) in [7, 11) is 0. The predicted molar refractivity (Wildman–Crippen MR) is 79.0 cm³/mol. The summed E-state index contributed by atoms with van der Waals surface area (Å²) in [6, 6.07) is 4.08. The maximum atomic E-state index is 13.0. The summed E-state index contributed by atoms with van der Waals surface area (Å²) >= 11 is 6.22. The van der Waals surface area contributed by atoms with Crippen molar-refractivity contribution in [2.24, 2.45) is 0 Å². The molecule has 0 saturated carbocycles. The molecule has 21 heavy (non-hydrogen) atoms. The number of benzene rings is 1. The number of halogens is 4. The number of hydrogen-bond acceptors (Lipinski definition) is 1. The lowest BCUT2D eigenvalue weighted by Crippen LogP contribution is -2.33. The van der Waals surface area contributed by atoms with Gasteiger partial charge in [0.1, 0.15) is 5.16 Å². The average Bonchev–Trinajstić information content (AvgIpc) is 2.37. The van der Waals surface area contributed by atoms with Gasteiger partial charge in [0, 0.05) is 6.04 Å². The SMILES string of the molecule is Cc1c(C(C)N2C(Cl)=CC=C[C@H]2C)cccc1C(F)(F)F. The molecule has 1 heterocycles. The summed E-state index contributed by atoms with van der Waals surface area (Å²) in [6.45, 7) is 5.34. The molecule has 0 fully saturated rings. The van der Waals surface area contributed by atoms with Gasteiger partial charge < -0.3 is 4.90 Å². The zero-order chi connectivity index (χ0) is 15.8. The molecule has 1 aliphatic heterocycles. The summed E-state index contributed by atoms with van der Waals surface area (Å²) < 4.78 is 39.1. The maximum absolute atomic E-state index is 13.0. The fourth-order valence-corrected chi connectivity index (χ4v) is 3.14. The van der Waals surface area contributed by atoms with Gasteiger partial charge >= 0.3 is 6.18 Å². The third-order valence-electron chi connectivity index (χ3n) is 3.86. The monoisotopic (exact) mass is 315 g/mol. The van der Waals surface area contributed by atoms with Crippen LogP contribution < -0.4 is 0 Å². The minimum absolute atomic E-state index is 0.0337. The number of allylic oxidation sites excluding steroid dienone is 2. The maximum Gasteiger partial charge on any atom is 0.416 e. The van der Waals surface area contributed by atoms with Crippen LogP contribution in [0, 0.1) is 6.92 Å². The Hall–Kier alpha value is -1.42. The molecule has 1 aromatic carbocycles. The molecule has 2 atom stereocenters. The van der Waals surface area contributed by atoms with E-state index < -0.39 is 11.7 Å². The van der Waals surface area contributed by atoms with Crippen molar-refractivity contribution < 1.29 is 13.2 Å².